The number of hydrogen-bond acceptors (Lipinski definition) is 3. The molecule has 1 fully saturated rings. The molecule has 1 aliphatic rings. The molecule has 1 aromatic rings. The van der Waals surface area contributed by atoms with E-state index in [1.165, 1.54) is 16.4 Å². The second-order valence-electron chi connectivity index (χ2n) is 5.78. The second kappa shape index (κ2) is 6.12. The summed E-state index contributed by atoms with van der Waals surface area (Å²) in [7, 11) is -3.52. The van der Waals surface area contributed by atoms with Crippen molar-refractivity contribution in [1.82, 2.24) is 4.31 Å². The summed E-state index contributed by atoms with van der Waals surface area (Å²) < 4.78 is 39.8. The van der Waals surface area contributed by atoms with Crippen LogP contribution in [0.15, 0.2) is 18.2 Å². The van der Waals surface area contributed by atoms with E-state index < -0.39 is 15.8 Å². The van der Waals surface area contributed by atoms with Crippen LogP contribution in [0.2, 0.25) is 0 Å². The first-order chi connectivity index (χ1) is 9.83. The molecular formula is C15H19FN2O2S. The first-order valence-corrected chi connectivity index (χ1v) is 8.62. The molecule has 0 aromatic heterocycles. The van der Waals surface area contributed by atoms with Crippen LogP contribution in [-0.4, -0.2) is 25.3 Å². The Bertz CT molecular complexity index is 661. The minimum Gasteiger partial charge on any atom is -0.212 e. The van der Waals surface area contributed by atoms with Crippen molar-refractivity contribution < 1.29 is 12.8 Å². The van der Waals surface area contributed by atoms with Crippen molar-refractivity contribution in [2.75, 3.05) is 6.54 Å². The molecule has 0 aliphatic heterocycles. The highest BCUT2D eigenvalue weighted by Gasteiger charge is 2.32. The Labute approximate surface area is 125 Å². The number of nitrogens with zero attached hydrogens (tertiary/aromatic N) is 2. The highest BCUT2D eigenvalue weighted by atomic mass is 32.2. The van der Waals surface area contributed by atoms with Gasteiger partial charge in [-0.05, 0) is 50.3 Å². The van der Waals surface area contributed by atoms with Crippen LogP contribution in [0.3, 0.4) is 0 Å². The van der Waals surface area contributed by atoms with E-state index >= 15 is 0 Å². The molecule has 0 unspecified atom stereocenters. The van der Waals surface area contributed by atoms with Crippen molar-refractivity contribution in [1.29, 1.82) is 5.26 Å². The maximum atomic E-state index is 13.1. The van der Waals surface area contributed by atoms with Crippen LogP contribution >= 0.6 is 0 Å². The largest absolute Gasteiger partial charge is 0.218 e. The van der Waals surface area contributed by atoms with E-state index in [4.69, 9.17) is 5.26 Å². The summed E-state index contributed by atoms with van der Waals surface area (Å²) in [6.45, 7) is 4.22. The highest BCUT2D eigenvalue weighted by molar-refractivity contribution is 7.88. The Morgan fingerprint density at radius 3 is 2.62 bits per heavy atom. The number of halogens is 1. The number of hydrogen-bond donors (Lipinski definition) is 0. The van der Waals surface area contributed by atoms with Crippen LogP contribution in [0, 0.1) is 23.1 Å². The maximum absolute atomic E-state index is 13.1. The van der Waals surface area contributed by atoms with Crippen molar-refractivity contribution in [3.63, 3.8) is 0 Å². The van der Waals surface area contributed by atoms with Gasteiger partial charge in [-0.3, -0.25) is 0 Å². The Balaban J connectivity index is 2.25. The van der Waals surface area contributed by atoms with Crippen molar-refractivity contribution in [2.45, 2.75) is 38.5 Å². The van der Waals surface area contributed by atoms with Gasteiger partial charge in [-0.2, -0.15) is 9.57 Å². The molecule has 0 saturated heterocycles. The predicted octanol–water partition coefficient (Wildman–Crippen LogP) is 2.65. The van der Waals surface area contributed by atoms with Crippen LogP contribution < -0.4 is 0 Å². The monoisotopic (exact) mass is 310 g/mol. The van der Waals surface area contributed by atoms with Gasteiger partial charge in [-0.15, -0.1) is 0 Å². The lowest BCUT2D eigenvalue weighted by Gasteiger charge is -2.26. The molecule has 6 heteroatoms. The van der Waals surface area contributed by atoms with Gasteiger partial charge >= 0.3 is 0 Å². The van der Waals surface area contributed by atoms with Gasteiger partial charge in [0.2, 0.25) is 10.0 Å². The standard InChI is InChI=1S/C15H19FN2O2S/c1-11(2)18(9-12-3-4-12)21(19,20)10-13-5-6-15(16)7-14(13)8-17/h5-7,11-12H,3-4,9-10H2,1-2H3. The van der Waals surface area contributed by atoms with Crippen LogP contribution in [-0.2, 0) is 15.8 Å². The summed E-state index contributed by atoms with van der Waals surface area (Å²) in [5.74, 6) is -0.349. The Hall–Kier alpha value is -1.45. The summed E-state index contributed by atoms with van der Waals surface area (Å²) in [6, 6.07) is 5.37. The Kier molecular flexibility index (Phi) is 4.64. The molecule has 0 radical (unpaired) electrons. The quantitative estimate of drug-likeness (QED) is 0.811. The van der Waals surface area contributed by atoms with Crippen LogP contribution in [0.25, 0.3) is 0 Å². The van der Waals surface area contributed by atoms with Crippen LogP contribution in [0.5, 0.6) is 0 Å². The zero-order valence-electron chi connectivity index (χ0n) is 12.2. The van der Waals surface area contributed by atoms with Gasteiger partial charge in [-0.1, -0.05) is 6.07 Å². The summed E-state index contributed by atoms with van der Waals surface area (Å²) in [5.41, 5.74) is 0.425. The van der Waals surface area contributed by atoms with Gasteiger partial charge in [0, 0.05) is 12.6 Å². The van der Waals surface area contributed by atoms with E-state index in [-0.39, 0.29) is 17.4 Å². The molecule has 0 amide bonds. The fraction of sp³-hybridized carbons (Fsp3) is 0.533. The van der Waals surface area contributed by atoms with E-state index in [0.717, 1.165) is 18.9 Å². The first kappa shape index (κ1) is 15.9. The average Bonchev–Trinajstić information content (AvgIpc) is 3.21. The fourth-order valence-electron chi connectivity index (χ4n) is 2.26. The third-order valence-corrected chi connectivity index (χ3v) is 5.56. The van der Waals surface area contributed by atoms with Crippen LogP contribution in [0.4, 0.5) is 4.39 Å². The van der Waals surface area contributed by atoms with E-state index in [1.54, 1.807) is 0 Å². The van der Waals surface area contributed by atoms with E-state index in [1.807, 2.05) is 19.9 Å². The third-order valence-electron chi connectivity index (χ3n) is 3.60. The maximum Gasteiger partial charge on any atom is 0.218 e. The van der Waals surface area contributed by atoms with Gasteiger partial charge in [0.05, 0.1) is 17.4 Å². The lowest BCUT2D eigenvalue weighted by Crippen LogP contribution is -2.39. The minimum atomic E-state index is -3.52. The zero-order valence-corrected chi connectivity index (χ0v) is 13.0. The molecule has 0 atom stereocenters. The van der Waals surface area contributed by atoms with Crippen molar-refractivity contribution in [3.8, 4) is 6.07 Å². The number of nitriles is 1. The summed E-state index contributed by atoms with van der Waals surface area (Å²) in [6.07, 6.45) is 2.14. The third kappa shape index (κ3) is 4.02. The van der Waals surface area contributed by atoms with Crippen molar-refractivity contribution >= 4 is 10.0 Å². The molecular weight excluding hydrogens is 291 g/mol. The van der Waals surface area contributed by atoms with Gasteiger partial charge in [0.1, 0.15) is 5.82 Å². The topological polar surface area (TPSA) is 61.2 Å². The molecule has 0 heterocycles. The van der Waals surface area contributed by atoms with E-state index in [0.29, 0.717) is 18.0 Å². The molecule has 4 nitrogen and oxygen atoms in total. The van der Waals surface area contributed by atoms with Crippen molar-refractivity contribution in [3.05, 3.63) is 35.1 Å². The molecule has 0 bridgehead atoms. The molecule has 0 N–H and O–H groups in total. The first-order valence-electron chi connectivity index (χ1n) is 7.01. The van der Waals surface area contributed by atoms with Gasteiger partial charge in [0.15, 0.2) is 0 Å². The molecule has 1 aromatic carbocycles. The molecule has 1 aliphatic carbocycles. The van der Waals surface area contributed by atoms with Crippen LogP contribution in [0.1, 0.15) is 37.8 Å². The van der Waals surface area contributed by atoms with E-state index in [9.17, 15) is 12.8 Å². The van der Waals surface area contributed by atoms with Gasteiger partial charge < -0.3 is 0 Å². The number of benzene rings is 1. The lowest BCUT2D eigenvalue weighted by molar-refractivity contribution is 0.341. The highest BCUT2D eigenvalue weighted by Crippen LogP contribution is 2.32. The SMILES string of the molecule is CC(C)N(CC1CC1)S(=O)(=O)Cc1ccc(F)cc1C#N. The fourth-order valence-corrected chi connectivity index (χ4v) is 4.15. The molecule has 114 valence electrons. The summed E-state index contributed by atoms with van der Waals surface area (Å²) in [5, 5.41) is 9.02. The molecule has 2 rings (SSSR count). The Morgan fingerprint density at radius 2 is 2.10 bits per heavy atom. The van der Waals surface area contributed by atoms with Crippen molar-refractivity contribution in [2.24, 2.45) is 5.92 Å². The smallest absolute Gasteiger partial charge is 0.212 e. The molecule has 0 spiro atoms. The Morgan fingerprint density at radius 1 is 1.43 bits per heavy atom. The lowest BCUT2D eigenvalue weighted by atomic mass is 10.1. The predicted molar refractivity (Wildman–Crippen MR) is 78.3 cm³/mol. The summed E-state index contributed by atoms with van der Waals surface area (Å²) >= 11 is 0. The zero-order chi connectivity index (χ0) is 15.6. The minimum absolute atomic E-state index is 0.0775. The molecule has 1 saturated carbocycles. The normalized spacial score (nSPS) is 15.4. The van der Waals surface area contributed by atoms with E-state index in [2.05, 4.69) is 0 Å². The average molecular weight is 310 g/mol. The van der Waals surface area contributed by atoms with Gasteiger partial charge in [0.25, 0.3) is 0 Å². The van der Waals surface area contributed by atoms with Gasteiger partial charge in [-0.25, -0.2) is 12.8 Å². The summed E-state index contributed by atoms with van der Waals surface area (Å²) in [4.78, 5) is 0. The number of rotatable bonds is 6. The number of sulfonamides is 1. The second-order valence-corrected chi connectivity index (χ2v) is 7.70. The molecule has 21 heavy (non-hydrogen) atoms.